The van der Waals surface area contributed by atoms with Crippen LogP contribution in [0, 0.1) is 11.9 Å². The van der Waals surface area contributed by atoms with Crippen LogP contribution in [0.15, 0.2) is 30.6 Å². The van der Waals surface area contributed by atoms with Gasteiger partial charge in [-0.2, -0.15) is 9.78 Å². The first-order chi connectivity index (χ1) is 14.1. The summed E-state index contributed by atoms with van der Waals surface area (Å²) in [4.78, 5) is 11.3. The summed E-state index contributed by atoms with van der Waals surface area (Å²) in [6.45, 7) is 2.10. The van der Waals surface area contributed by atoms with E-state index in [1.165, 1.54) is 16.8 Å². The molecule has 0 aliphatic carbocycles. The van der Waals surface area contributed by atoms with E-state index in [0.29, 0.717) is 34.4 Å². The molecule has 3 aromatic heterocycles. The van der Waals surface area contributed by atoms with Crippen molar-refractivity contribution < 1.29 is 4.39 Å². The van der Waals surface area contributed by atoms with E-state index in [4.69, 9.17) is 11.6 Å². The lowest BCUT2D eigenvalue weighted by atomic mass is 10.1. The Hall–Kier alpha value is -2.91. The third kappa shape index (κ3) is 3.36. The van der Waals surface area contributed by atoms with Crippen molar-refractivity contribution in [1.29, 1.82) is 0 Å². The van der Waals surface area contributed by atoms with E-state index in [1.54, 1.807) is 12.3 Å². The number of fused-ring (bicyclic) bond motifs is 1. The second kappa shape index (κ2) is 7.16. The molecule has 1 saturated heterocycles. The SMILES string of the molecule is CN1CCC(n2c[c]c(-c3ncc4nnn(-c5ccc(F)c(Cl)c5)c4n3)n2)CC1. The Morgan fingerprint density at radius 2 is 2.07 bits per heavy atom. The average Bonchev–Trinajstić information content (AvgIpc) is 3.37. The number of likely N-dealkylation sites (tertiary alicyclic amines) is 1. The van der Waals surface area contributed by atoms with E-state index in [9.17, 15) is 4.39 Å². The summed E-state index contributed by atoms with van der Waals surface area (Å²) in [6.07, 6.45) is 5.55. The molecule has 4 aromatic rings. The van der Waals surface area contributed by atoms with Crippen LogP contribution in [-0.2, 0) is 0 Å². The quantitative estimate of drug-likeness (QED) is 0.516. The highest BCUT2D eigenvalue weighted by Gasteiger charge is 2.20. The van der Waals surface area contributed by atoms with Crippen molar-refractivity contribution >= 4 is 22.8 Å². The summed E-state index contributed by atoms with van der Waals surface area (Å²) in [5, 5.41) is 12.8. The van der Waals surface area contributed by atoms with E-state index in [1.807, 2.05) is 10.9 Å². The van der Waals surface area contributed by atoms with Crippen LogP contribution in [0.25, 0.3) is 28.4 Å². The molecule has 1 aliphatic heterocycles. The number of halogens is 2. The van der Waals surface area contributed by atoms with Crippen molar-refractivity contribution in [1.82, 2.24) is 39.6 Å². The number of rotatable bonds is 3. The van der Waals surface area contributed by atoms with Gasteiger partial charge in [-0.15, -0.1) is 5.10 Å². The summed E-state index contributed by atoms with van der Waals surface area (Å²) in [6, 6.07) is 7.84. The summed E-state index contributed by atoms with van der Waals surface area (Å²) >= 11 is 5.90. The third-order valence-electron chi connectivity index (χ3n) is 5.16. The number of hydrogen-bond donors (Lipinski definition) is 0. The summed E-state index contributed by atoms with van der Waals surface area (Å²) in [5.74, 6) is -0.0647. The highest BCUT2D eigenvalue weighted by molar-refractivity contribution is 6.30. The van der Waals surface area contributed by atoms with Crippen molar-refractivity contribution in [3.05, 3.63) is 47.5 Å². The van der Waals surface area contributed by atoms with Gasteiger partial charge in [0.15, 0.2) is 17.0 Å². The molecule has 0 amide bonds. The molecule has 0 unspecified atom stereocenters. The largest absolute Gasteiger partial charge is 0.306 e. The van der Waals surface area contributed by atoms with Crippen molar-refractivity contribution in [3.63, 3.8) is 0 Å². The van der Waals surface area contributed by atoms with E-state index in [2.05, 4.69) is 43.4 Å². The minimum atomic E-state index is -0.496. The Morgan fingerprint density at radius 3 is 2.86 bits per heavy atom. The Bertz CT molecular complexity index is 1180. The van der Waals surface area contributed by atoms with Gasteiger partial charge in [-0.25, -0.2) is 14.4 Å². The topological polar surface area (TPSA) is 77.5 Å². The fourth-order valence-electron chi connectivity index (χ4n) is 3.49. The summed E-state index contributed by atoms with van der Waals surface area (Å²) < 4.78 is 16.9. The Morgan fingerprint density at radius 1 is 1.24 bits per heavy atom. The number of hydrogen-bond acceptors (Lipinski definition) is 6. The summed E-state index contributed by atoms with van der Waals surface area (Å²) in [5.41, 5.74) is 2.13. The zero-order valence-electron chi connectivity index (χ0n) is 15.6. The van der Waals surface area contributed by atoms with Crippen LogP contribution in [0.5, 0.6) is 0 Å². The average molecular weight is 412 g/mol. The molecular formula is C19H17ClFN8. The lowest BCUT2D eigenvalue weighted by Crippen LogP contribution is -2.31. The molecule has 0 saturated carbocycles. The normalized spacial score (nSPS) is 16.0. The molecule has 10 heteroatoms. The highest BCUT2D eigenvalue weighted by Crippen LogP contribution is 2.24. The first-order valence-corrected chi connectivity index (χ1v) is 9.66. The standard InChI is InChI=1S/C19H17ClFN8/c1-27-7-4-12(5-8-27)28-9-6-16(25-28)18-22-11-17-19(23-18)29(26-24-17)13-2-3-15(21)14(20)10-13/h2-3,9-12H,4-5,7-8H2,1H3. The van der Waals surface area contributed by atoms with Gasteiger partial charge in [-0.1, -0.05) is 16.8 Å². The number of piperidine rings is 1. The van der Waals surface area contributed by atoms with Crippen LogP contribution >= 0.6 is 11.6 Å². The van der Waals surface area contributed by atoms with E-state index in [0.717, 1.165) is 25.9 Å². The van der Waals surface area contributed by atoms with E-state index < -0.39 is 5.82 Å². The molecule has 29 heavy (non-hydrogen) atoms. The van der Waals surface area contributed by atoms with Gasteiger partial charge in [-0.05, 0) is 51.2 Å². The maximum absolute atomic E-state index is 13.5. The minimum Gasteiger partial charge on any atom is -0.306 e. The van der Waals surface area contributed by atoms with E-state index >= 15 is 0 Å². The Balaban J connectivity index is 1.49. The predicted octanol–water partition coefficient (Wildman–Crippen LogP) is 2.93. The third-order valence-corrected chi connectivity index (χ3v) is 5.45. The first kappa shape index (κ1) is 18.1. The van der Waals surface area contributed by atoms with Gasteiger partial charge in [0.25, 0.3) is 0 Å². The van der Waals surface area contributed by atoms with Gasteiger partial charge in [0, 0.05) is 12.3 Å². The van der Waals surface area contributed by atoms with Crippen LogP contribution < -0.4 is 0 Å². The van der Waals surface area contributed by atoms with Crippen molar-refractivity contribution in [2.45, 2.75) is 18.9 Å². The summed E-state index contributed by atoms with van der Waals surface area (Å²) in [7, 11) is 2.13. The lowest BCUT2D eigenvalue weighted by Gasteiger charge is -2.28. The molecule has 0 atom stereocenters. The molecule has 4 heterocycles. The maximum atomic E-state index is 13.5. The fourth-order valence-corrected chi connectivity index (χ4v) is 3.66. The van der Waals surface area contributed by atoms with Gasteiger partial charge in [0.1, 0.15) is 11.5 Å². The van der Waals surface area contributed by atoms with Crippen LogP contribution in [-0.4, -0.2) is 59.8 Å². The van der Waals surface area contributed by atoms with Crippen molar-refractivity contribution in [2.75, 3.05) is 20.1 Å². The molecule has 1 aliphatic rings. The van der Waals surface area contributed by atoms with Crippen LogP contribution in [0.2, 0.25) is 5.02 Å². The lowest BCUT2D eigenvalue weighted by molar-refractivity contribution is 0.212. The van der Waals surface area contributed by atoms with Gasteiger partial charge in [0.2, 0.25) is 0 Å². The smallest absolute Gasteiger partial charge is 0.187 e. The molecule has 1 fully saturated rings. The zero-order valence-corrected chi connectivity index (χ0v) is 16.4. The van der Waals surface area contributed by atoms with Gasteiger partial charge in [-0.3, -0.25) is 4.68 Å². The minimum absolute atomic E-state index is 0.00522. The van der Waals surface area contributed by atoms with Gasteiger partial charge in [0.05, 0.1) is 22.9 Å². The number of aromatic nitrogens is 7. The molecule has 5 rings (SSSR count). The number of benzene rings is 1. The molecule has 0 bridgehead atoms. The van der Waals surface area contributed by atoms with Gasteiger partial charge < -0.3 is 4.90 Å². The highest BCUT2D eigenvalue weighted by atomic mass is 35.5. The second-order valence-corrected chi connectivity index (χ2v) is 7.55. The molecule has 1 radical (unpaired) electrons. The molecule has 147 valence electrons. The molecule has 1 aromatic carbocycles. The second-order valence-electron chi connectivity index (χ2n) is 7.14. The Labute approximate surface area is 170 Å². The fraction of sp³-hybridized carbons (Fsp3) is 0.316. The zero-order chi connectivity index (χ0) is 20.0. The first-order valence-electron chi connectivity index (χ1n) is 9.28. The molecular weight excluding hydrogens is 395 g/mol. The number of nitrogens with zero attached hydrogens (tertiary/aromatic N) is 8. The van der Waals surface area contributed by atoms with Crippen LogP contribution in [0.3, 0.4) is 0 Å². The van der Waals surface area contributed by atoms with Crippen molar-refractivity contribution in [3.8, 4) is 17.2 Å². The van der Waals surface area contributed by atoms with Crippen LogP contribution in [0.1, 0.15) is 18.9 Å². The molecule has 0 N–H and O–H groups in total. The van der Waals surface area contributed by atoms with E-state index in [-0.39, 0.29) is 5.02 Å². The molecule has 8 nitrogen and oxygen atoms in total. The van der Waals surface area contributed by atoms with Crippen LogP contribution in [0.4, 0.5) is 4.39 Å². The Kier molecular flexibility index (Phi) is 4.48. The monoisotopic (exact) mass is 411 g/mol. The predicted molar refractivity (Wildman–Crippen MR) is 105 cm³/mol. The van der Waals surface area contributed by atoms with Crippen molar-refractivity contribution in [2.24, 2.45) is 0 Å². The van der Waals surface area contributed by atoms with Gasteiger partial charge >= 0.3 is 0 Å². The maximum Gasteiger partial charge on any atom is 0.187 e. The molecule has 0 spiro atoms.